The Morgan fingerprint density at radius 1 is 1.36 bits per heavy atom. The molecule has 0 saturated heterocycles. The highest BCUT2D eigenvalue weighted by atomic mass is 127. The van der Waals surface area contributed by atoms with Gasteiger partial charge in [0.1, 0.15) is 0 Å². The summed E-state index contributed by atoms with van der Waals surface area (Å²) in [5.74, 6) is 0.901. The molecule has 1 aliphatic rings. The van der Waals surface area contributed by atoms with Crippen molar-refractivity contribution in [3.05, 3.63) is 18.0 Å². The summed E-state index contributed by atoms with van der Waals surface area (Å²) in [6.07, 6.45) is 10.6. The van der Waals surface area contributed by atoms with Crippen LogP contribution in [0.4, 0.5) is 0 Å². The maximum Gasteiger partial charge on any atom is 0.191 e. The van der Waals surface area contributed by atoms with E-state index in [1.807, 2.05) is 17.9 Å². The van der Waals surface area contributed by atoms with Gasteiger partial charge in [0, 0.05) is 26.3 Å². The summed E-state index contributed by atoms with van der Waals surface area (Å²) >= 11 is 0. The van der Waals surface area contributed by atoms with Crippen LogP contribution in [0.1, 0.15) is 44.6 Å². The Morgan fingerprint density at radius 2 is 2.09 bits per heavy atom. The van der Waals surface area contributed by atoms with Crippen LogP contribution in [-0.2, 0) is 6.54 Å². The summed E-state index contributed by atoms with van der Waals surface area (Å²) in [5.41, 5.74) is 1.68. The average Bonchev–Trinajstić information content (AvgIpc) is 3.12. The monoisotopic (exact) mass is 419 g/mol. The molecule has 1 saturated carbocycles. The molecule has 0 aliphatic heterocycles. The van der Waals surface area contributed by atoms with Crippen molar-refractivity contribution in [2.75, 3.05) is 20.1 Å². The number of nitrogens with one attached hydrogen (secondary N) is 2. The van der Waals surface area contributed by atoms with Crippen LogP contribution in [0.5, 0.6) is 0 Å². The van der Waals surface area contributed by atoms with Gasteiger partial charge in [-0.05, 0) is 37.2 Å². The average molecular weight is 419 g/mol. The van der Waals surface area contributed by atoms with E-state index in [2.05, 4.69) is 40.8 Å². The number of rotatable bonds is 6. The van der Waals surface area contributed by atoms with Gasteiger partial charge in [0.25, 0.3) is 0 Å². The lowest BCUT2D eigenvalue weighted by Crippen LogP contribution is -2.43. The molecule has 1 aromatic heterocycles. The standard InChI is InChI=1S/C16H29N5.HI/c1-4-16(7-5-6-8-16)13-19-15(17-3)18-9-10-21-12-14(2)11-20-21;/h11-12H,4-10,13H2,1-3H3,(H2,17,18,19);1H. The highest BCUT2D eigenvalue weighted by Gasteiger charge is 2.31. The molecule has 0 spiro atoms. The van der Waals surface area contributed by atoms with E-state index in [-0.39, 0.29) is 24.0 Å². The maximum atomic E-state index is 4.32. The fraction of sp³-hybridized carbons (Fsp3) is 0.750. The van der Waals surface area contributed by atoms with Gasteiger partial charge < -0.3 is 10.6 Å². The fourth-order valence-electron chi connectivity index (χ4n) is 3.15. The molecule has 22 heavy (non-hydrogen) atoms. The SMILES string of the molecule is CCC1(CNC(=NC)NCCn2cc(C)cn2)CCCC1.I. The molecule has 1 heterocycles. The zero-order chi connectivity index (χ0) is 15.1. The smallest absolute Gasteiger partial charge is 0.191 e. The highest BCUT2D eigenvalue weighted by molar-refractivity contribution is 14.0. The Balaban J connectivity index is 0.00000242. The number of guanidine groups is 1. The molecule has 2 rings (SSSR count). The summed E-state index contributed by atoms with van der Waals surface area (Å²) in [6, 6.07) is 0. The summed E-state index contributed by atoms with van der Waals surface area (Å²) in [5, 5.41) is 11.2. The lowest BCUT2D eigenvalue weighted by atomic mass is 9.83. The third-order valence-corrected chi connectivity index (χ3v) is 4.66. The van der Waals surface area contributed by atoms with E-state index >= 15 is 0 Å². The third kappa shape index (κ3) is 5.44. The Labute approximate surface area is 151 Å². The molecule has 0 atom stereocenters. The van der Waals surface area contributed by atoms with E-state index < -0.39 is 0 Å². The van der Waals surface area contributed by atoms with Gasteiger partial charge in [0.15, 0.2) is 5.96 Å². The number of aromatic nitrogens is 2. The molecule has 0 radical (unpaired) electrons. The molecular weight excluding hydrogens is 389 g/mol. The Bertz CT molecular complexity index is 463. The first kappa shape index (κ1) is 19.3. The van der Waals surface area contributed by atoms with Gasteiger partial charge in [-0.15, -0.1) is 24.0 Å². The van der Waals surface area contributed by atoms with Gasteiger partial charge in [-0.1, -0.05) is 19.8 Å². The molecule has 126 valence electrons. The van der Waals surface area contributed by atoms with Crippen LogP contribution < -0.4 is 10.6 Å². The molecule has 5 nitrogen and oxygen atoms in total. The van der Waals surface area contributed by atoms with Crippen molar-refractivity contribution in [2.24, 2.45) is 10.4 Å². The summed E-state index contributed by atoms with van der Waals surface area (Å²) < 4.78 is 1.96. The Morgan fingerprint density at radius 3 is 2.64 bits per heavy atom. The molecule has 1 aliphatic carbocycles. The molecule has 0 aromatic carbocycles. The van der Waals surface area contributed by atoms with Crippen molar-refractivity contribution < 1.29 is 0 Å². The van der Waals surface area contributed by atoms with Crippen molar-refractivity contribution in [3.8, 4) is 0 Å². The lowest BCUT2D eigenvalue weighted by Gasteiger charge is -2.28. The summed E-state index contributed by atoms with van der Waals surface area (Å²) in [6.45, 7) is 7.09. The second-order valence-corrected chi connectivity index (χ2v) is 6.19. The first-order chi connectivity index (χ1) is 10.2. The summed E-state index contributed by atoms with van der Waals surface area (Å²) in [4.78, 5) is 4.32. The highest BCUT2D eigenvalue weighted by Crippen LogP contribution is 2.40. The van der Waals surface area contributed by atoms with Crippen LogP contribution in [0.25, 0.3) is 0 Å². The van der Waals surface area contributed by atoms with Gasteiger partial charge in [-0.25, -0.2) is 0 Å². The topological polar surface area (TPSA) is 54.2 Å². The number of hydrogen-bond acceptors (Lipinski definition) is 2. The van der Waals surface area contributed by atoms with E-state index in [1.54, 1.807) is 0 Å². The van der Waals surface area contributed by atoms with Gasteiger partial charge in [0.2, 0.25) is 0 Å². The second-order valence-electron chi connectivity index (χ2n) is 6.19. The van der Waals surface area contributed by atoms with Gasteiger partial charge in [-0.2, -0.15) is 5.10 Å². The van der Waals surface area contributed by atoms with Crippen LogP contribution in [0.15, 0.2) is 17.4 Å². The largest absolute Gasteiger partial charge is 0.356 e. The number of nitrogens with zero attached hydrogens (tertiary/aromatic N) is 3. The minimum absolute atomic E-state index is 0. The molecule has 0 bridgehead atoms. The minimum atomic E-state index is 0. The van der Waals surface area contributed by atoms with Gasteiger partial charge in [0.05, 0.1) is 12.7 Å². The predicted octanol–water partition coefficient (Wildman–Crippen LogP) is 2.94. The first-order valence-corrected chi connectivity index (χ1v) is 8.11. The number of halogens is 1. The van der Waals surface area contributed by atoms with E-state index in [4.69, 9.17) is 0 Å². The van der Waals surface area contributed by atoms with Crippen molar-refractivity contribution in [1.82, 2.24) is 20.4 Å². The van der Waals surface area contributed by atoms with Gasteiger partial charge >= 0.3 is 0 Å². The van der Waals surface area contributed by atoms with Crippen molar-refractivity contribution in [1.29, 1.82) is 0 Å². The lowest BCUT2D eigenvalue weighted by molar-refractivity contribution is 0.283. The normalized spacial score (nSPS) is 17.1. The van der Waals surface area contributed by atoms with Crippen LogP contribution in [0.3, 0.4) is 0 Å². The Hall–Kier alpha value is -0.790. The van der Waals surface area contributed by atoms with Crippen molar-refractivity contribution >= 4 is 29.9 Å². The van der Waals surface area contributed by atoms with Crippen LogP contribution in [0.2, 0.25) is 0 Å². The zero-order valence-corrected chi connectivity index (χ0v) is 16.4. The van der Waals surface area contributed by atoms with Gasteiger partial charge in [-0.3, -0.25) is 9.67 Å². The molecule has 1 fully saturated rings. The van der Waals surface area contributed by atoms with Crippen molar-refractivity contribution in [3.63, 3.8) is 0 Å². The third-order valence-electron chi connectivity index (χ3n) is 4.66. The van der Waals surface area contributed by atoms with Crippen LogP contribution >= 0.6 is 24.0 Å². The van der Waals surface area contributed by atoms with Crippen molar-refractivity contribution in [2.45, 2.75) is 52.5 Å². The van der Waals surface area contributed by atoms with E-state index in [1.165, 1.54) is 37.7 Å². The predicted molar refractivity (Wildman–Crippen MR) is 103 cm³/mol. The molecule has 2 N–H and O–H groups in total. The number of aryl methyl sites for hydroxylation is 1. The van der Waals surface area contributed by atoms with E-state index in [0.717, 1.165) is 25.6 Å². The minimum Gasteiger partial charge on any atom is -0.356 e. The molecular formula is C16H30IN5. The summed E-state index contributed by atoms with van der Waals surface area (Å²) in [7, 11) is 1.83. The molecule has 0 amide bonds. The van der Waals surface area contributed by atoms with E-state index in [9.17, 15) is 0 Å². The number of hydrogen-bond donors (Lipinski definition) is 2. The molecule has 1 aromatic rings. The zero-order valence-electron chi connectivity index (χ0n) is 14.1. The fourth-order valence-corrected chi connectivity index (χ4v) is 3.15. The first-order valence-electron chi connectivity index (χ1n) is 8.11. The van der Waals surface area contributed by atoms with E-state index in [0.29, 0.717) is 5.41 Å². The molecule has 6 heteroatoms. The Kier molecular flexibility index (Phi) is 8.20. The maximum absolute atomic E-state index is 4.32. The van der Waals surface area contributed by atoms with Crippen LogP contribution in [0, 0.1) is 12.3 Å². The molecule has 0 unspecified atom stereocenters. The number of aliphatic imine (C=N–C) groups is 1. The quantitative estimate of drug-likeness (QED) is 0.424. The van der Waals surface area contributed by atoms with Crippen LogP contribution in [-0.4, -0.2) is 35.9 Å². The second kappa shape index (κ2) is 9.37.